The first kappa shape index (κ1) is 17.3. The van der Waals surface area contributed by atoms with Gasteiger partial charge < -0.3 is 5.32 Å². The Bertz CT molecular complexity index is 331. The molecule has 1 heterocycles. The monoisotopic (exact) mass is 294 g/mol. The van der Waals surface area contributed by atoms with E-state index in [2.05, 4.69) is 58.7 Å². The van der Waals surface area contributed by atoms with Gasteiger partial charge in [-0.15, -0.1) is 0 Å². The average Bonchev–Trinajstić information content (AvgIpc) is 2.34. The van der Waals surface area contributed by atoms with Gasteiger partial charge in [-0.3, -0.25) is 4.90 Å². The average molecular weight is 295 g/mol. The van der Waals surface area contributed by atoms with Crippen molar-refractivity contribution in [1.29, 1.82) is 0 Å². The zero-order chi connectivity index (χ0) is 15.8. The van der Waals surface area contributed by atoms with Crippen molar-refractivity contribution in [2.45, 2.75) is 92.3 Å². The fraction of sp³-hybridized carbons (Fsp3) is 1.00. The third kappa shape index (κ3) is 4.22. The van der Waals surface area contributed by atoms with Crippen molar-refractivity contribution < 1.29 is 0 Å². The molecule has 0 amide bonds. The fourth-order valence-corrected chi connectivity index (χ4v) is 5.11. The highest BCUT2D eigenvalue weighted by molar-refractivity contribution is 4.97. The van der Waals surface area contributed by atoms with Crippen LogP contribution in [0.2, 0.25) is 0 Å². The normalized spacial score (nSPS) is 35.6. The summed E-state index contributed by atoms with van der Waals surface area (Å²) in [6.07, 6.45) is 5.38. The molecule has 2 rings (SSSR count). The molecule has 2 aliphatic rings. The molecule has 1 N–H and O–H groups in total. The summed E-state index contributed by atoms with van der Waals surface area (Å²) in [6.45, 7) is 19.4. The van der Waals surface area contributed by atoms with E-state index in [1.54, 1.807) is 0 Å². The molecule has 21 heavy (non-hydrogen) atoms. The standard InChI is InChI=1S/C19H38N2/c1-8-14(2)17-12-21(15(3)11-20-17)16-9-18(4,5)13-19(6,7)10-16/h14-17,20H,8-13H2,1-7H3. The van der Waals surface area contributed by atoms with Crippen LogP contribution in [0.15, 0.2) is 0 Å². The van der Waals surface area contributed by atoms with Gasteiger partial charge in [-0.05, 0) is 42.9 Å². The molecule has 0 radical (unpaired) electrons. The summed E-state index contributed by atoms with van der Waals surface area (Å²) in [5.41, 5.74) is 0.978. The number of rotatable bonds is 3. The fourth-order valence-electron chi connectivity index (χ4n) is 5.11. The van der Waals surface area contributed by atoms with Gasteiger partial charge in [0.25, 0.3) is 0 Å². The number of hydrogen-bond donors (Lipinski definition) is 1. The molecular formula is C19H38N2. The highest BCUT2D eigenvalue weighted by atomic mass is 15.3. The summed E-state index contributed by atoms with van der Waals surface area (Å²) in [5, 5.41) is 3.79. The Balaban J connectivity index is 2.10. The Hall–Kier alpha value is -0.0800. The van der Waals surface area contributed by atoms with Gasteiger partial charge in [0, 0.05) is 31.2 Å². The van der Waals surface area contributed by atoms with Crippen LogP contribution in [-0.2, 0) is 0 Å². The van der Waals surface area contributed by atoms with E-state index in [-0.39, 0.29) is 0 Å². The summed E-state index contributed by atoms with van der Waals surface area (Å²) < 4.78 is 0. The van der Waals surface area contributed by atoms with E-state index in [0.29, 0.717) is 22.9 Å². The Morgan fingerprint density at radius 3 is 2.24 bits per heavy atom. The molecule has 0 bridgehead atoms. The molecule has 0 aromatic heterocycles. The van der Waals surface area contributed by atoms with Crippen LogP contribution in [0.25, 0.3) is 0 Å². The summed E-state index contributed by atoms with van der Waals surface area (Å²) in [7, 11) is 0. The van der Waals surface area contributed by atoms with E-state index in [4.69, 9.17) is 0 Å². The van der Waals surface area contributed by atoms with Gasteiger partial charge in [-0.25, -0.2) is 0 Å². The van der Waals surface area contributed by atoms with Crippen molar-refractivity contribution in [3.63, 3.8) is 0 Å². The zero-order valence-corrected chi connectivity index (χ0v) is 15.5. The highest BCUT2D eigenvalue weighted by Gasteiger charge is 2.43. The van der Waals surface area contributed by atoms with Gasteiger partial charge >= 0.3 is 0 Å². The van der Waals surface area contributed by atoms with Crippen LogP contribution in [0.5, 0.6) is 0 Å². The first-order chi connectivity index (χ1) is 9.63. The molecule has 3 atom stereocenters. The lowest BCUT2D eigenvalue weighted by atomic mass is 9.63. The molecule has 2 heteroatoms. The number of nitrogens with zero attached hydrogens (tertiary/aromatic N) is 1. The van der Waals surface area contributed by atoms with E-state index in [1.165, 1.54) is 32.2 Å². The van der Waals surface area contributed by atoms with E-state index < -0.39 is 0 Å². The second-order valence-electron chi connectivity index (χ2n) is 9.51. The summed E-state index contributed by atoms with van der Waals surface area (Å²) in [5.74, 6) is 0.782. The Labute approximate surface area is 133 Å². The van der Waals surface area contributed by atoms with Crippen molar-refractivity contribution in [2.75, 3.05) is 13.1 Å². The van der Waals surface area contributed by atoms with Gasteiger partial charge in [-0.2, -0.15) is 0 Å². The van der Waals surface area contributed by atoms with E-state index in [0.717, 1.165) is 18.5 Å². The molecule has 2 fully saturated rings. The molecule has 1 aliphatic carbocycles. The highest BCUT2D eigenvalue weighted by Crippen LogP contribution is 2.47. The summed E-state index contributed by atoms with van der Waals surface area (Å²) >= 11 is 0. The predicted octanol–water partition coefficient (Wildman–Crippen LogP) is 4.30. The van der Waals surface area contributed by atoms with Crippen molar-refractivity contribution in [3.05, 3.63) is 0 Å². The molecule has 2 nitrogen and oxygen atoms in total. The Morgan fingerprint density at radius 2 is 1.71 bits per heavy atom. The molecule has 124 valence electrons. The molecule has 1 aliphatic heterocycles. The van der Waals surface area contributed by atoms with Crippen LogP contribution in [0.4, 0.5) is 0 Å². The SMILES string of the molecule is CCC(C)C1CN(C2CC(C)(C)CC(C)(C)C2)C(C)CN1. The van der Waals surface area contributed by atoms with E-state index in [1.807, 2.05) is 0 Å². The number of hydrogen-bond acceptors (Lipinski definition) is 2. The van der Waals surface area contributed by atoms with Crippen molar-refractivity contribution in [3.8, 4) is 0 Å². The van der Waals surface area contributed by atoms with Gasteiger partial charge in [0.1, 0.15) is 0 Å². The summed E-state index contributed by atoms with van der Waals surface area (Å²) in [6, 6.07) is 2.13. The molecule has 3 unspecified atom stereocenters. The quantitative estimate of drug-likeness (QED) is 0.835. The molecule has 1 saturated carbocycles. The largest absolute Gasteiger partial charge is 0.311 e. The van der Waals surface area contributed by atoms with E-state index >= 15 is 0 Å². The lowest BCUT2D eigenvalue weighted by Crippen LogP contribution is -2.61. The van der Waals surface area contributed by atoms with Crippen LogP contribution in [0.1, 0.15) is 74.1 Å². The van der Waals surface area contributed by atoms with Crippen molar-refractivity contribution >= 4 is 0 Å². The Kier molecular flexibility index (Phi) is 5.10. The second-order valence-corrected chi connectivity index (χ2v) is 9.51. The maximum Gasteiger partial charge on any atom is 0.0221 e. The first-order valence-corrected chi connectivity index (χ1v) is 9.13. The number of nitrogens with one attached hydrogen (secondary N) is 1. The predicted molar refractivity (Wildman–Crippen MR) is 92.6 cm³/mol. The van der Waals surface area contributed by atoms with Gasteiger partial charge in [0.2, 0.25) is 0 Å². The molecular weight excluding hydrogens is 256 g/mol. The second kappa shape index (κ2) is 6.20. The maximum absolute atomic E-state index is 3.79. The molecule has 0 aromatic rings. The third-order valence-corrected chi connectivity index (χ3v) is 5.98. The molecule has 0 spiro atoms. The van der Waals surface area contributed by atoms with Crippen LogP contribution in [0, 0.1) is 16.7 Å². The lowest BCUT2D eigenvalue weighted by Gasteiger charge is -2.52. The minimum Gasteiger partial charge on any atom is -0.311 e. The third-order valence-electron chi connectivity index (χ3n) is 5.98. The zero-order valence-electron chi connectivity index (χ0n) is 15.5. The van der Waals surface area contributed by atoms with Gasteiger partial charge in [0.15, 0.2) is 0 Å². The minimum atomic E-state index is 0.489. The van der Waals surface area contributed by atoms with Crippen molar-refractivity contribution in [1.82, 2.24) is 10.2 Å². The molecule has 0 aromatic carbocycles. The van der Waals surface area contributed by atoms with Crippen LogP contribution >= 0.6 is 0 Å². The topological polar surface area (TPSA) is 15.3 Å². The van der Waals surface area contributed by atoms with Crippen LogP contribution in [0.3, 0.4) is 0 Å². The van der Waals surface area contributed by atoms with Gasteiger partial charge in [-0.1, -0.05) is 48.0 Å². The first-order valence-electron chi connectivity index (χ1n) is 9.13. The minimum absolute atomic E-state index is 0.489. The summed E-state index contributed by atoms with van der Waals surface area (Å²) in [4.78, 5) is 2.84. The van der Waals surface area contributed by atoms with Crippen LogP contribution in [-0.4, -0.2) is 36.1 Å². The van der Waals surface area contributed by atoms with E-state index in [9.17, 15) is 0 Å². The Morgan fingerprint density at radius 1 is 1.14 bits per heavy atom. The molecule has 1 saturated heterocycles. The number of piperazine rings is 1. The van der Waals surface area contributed by atoms with Crippen molar-refractivity contribution in [2.24, 2.45) is 16.7 Å². The smallest absolute Gasteiger partial charge is 0.0221 e. The van der Waals surface area contributed by atoms with Crippen LogP contribution < -0.4 is 5.32 Å². The maximum atomic E-state index is 3.79. The lowest BCUT2D eigenvalue weighted by molar-refractivity contribution is -0.0132. The van der Waals surface area contributed by atoms with Gasteiger partial charge in [0.05, 0.1) is 0 Å².